The van der Waals surface area contributed by atoms with Crippen LogP contribution in [-0.4, -0.2) is 11.1 Å². The van der Waals surface area contributed by atoms with E-state index in [0.29, 0.717) is 5.92 Å². The van der Waals surface area contributed by atoms with E-state index in [0.717, 1.165) is 44.1 Å². The molecule has 1 N–H and O–H groups in total. The number of aryl methyl sites for hydroxylation is 1. The van der Waals surface area contributed by atoms with Gasteiger partial charge in [-0.25, -0.2) is 0 Å². The fourth-order valence-electron chi connectivity index (χ4n) is 5.25. The van der Waals surface area contributed by atoms with Gasteiger partial charge in [0.15, 0.2) is 0 Å². The molecule has 1 fully saturated rings. The molecule has 23 heavy (non-hydrogen) atoms. The number of hydrogen-bond acceptors (Lipinski definition) is 2. The Hall–Kier alpha value is -1.51. The van der Waals surface area contributed by atoms with E-state index < -0.39 is 11.4 Å². The van der Waals surface area contributed by atoms with Crippen LogP contribution in [0.25, 0.3) is 0 Å². The van der Waals surface area contributed by atoms with Gasteiger partial charge >= 0.3 is 5.97 Å². The summed E-state index contributed by atoms with van der Waals surface area (Å²) in [6.45, 7) is 6.68. The van der Waals surface area contributed by atoms with Gasteiger partial charge in [-0.1, -0.05) is 25.5 Å². The molecule has 0 spiro atoms. The van der Waals surface area contributed by atoms with Crippen LogP contribution in [0.2, 0.25) is 0 Å². The number of fused-ring (bicyclic) bond motifs is 1. The number of furan rings is 1. The van der Waals surface area contributed by atoms with Crippen molar-refractivity contribution in [1.29, 1.82) is 0 Å². The highest BCUT2D eigenvalue weighted by Gasteiger charge is 2.59. The van der Waals surface area contributed by atoms with Crippen molar-refractivity contribution in [2.24, 2.45) is 22.7 Å². The van der Waals surface area contributed by atoms with Crippen LogP contribution in [0.4, 0.5) is 0 Å². The Morgan fingerprint density at radius 1 is 1.43 bits per heavy atom. The quantitative estimate of drug-likeness (QED) is 0.788. The zero-order chi connectivity index (χ0) is 16.7. The van der Waals surface area contributed by atoms with Gasteiger partial charge in [0.2, 0.25) is 0 Å². The van der Waals surface area contributed by atoms with Gasteiger partial charge in [0.1, 0.15) is 0 Å². The molecule has 3 nitrogen and oxygen atoms in total. The summed E-state index contributed by atoms with van der Waals surface area (Å²) in [5.74, 6) is 0.170. The standard InChI is InChI=1S/C20H28O3/c1-14-7-11-20(18(21)22)15(2)5-4-6-17(20)19(14,3)10-8-16-9-12-23-13-16/h5,9,12-14,17H,4,6-8,10-11H2,1-3H3,(H,21,22)/t14-,17+,19+,20-/m0/s1. The Labute approximate surface area is 138 Å². The van der Waals surface area contributed by atoms with Crippen LogP contribution in [0.3, 0.4) is 0 Å². The molecule has 126 valence electrons. The third-order valence-corrected chi connectivity index (χ3v) is 7.01. The Morgan fingerprint density at radius 2 is 2.22 bits per heavy atom. The van der Waals surface area contributed by atoms with Crippen molar-refractivity contribution >= 4 is 5.97 Å². The number of rotatable bonds is 4. The van der Waals surface area contributed by atoms with Gasteiger partial charge in [-0.3, -0.25) is 4.79 Å². The molecular weight excluding hydrogens is 288 g/mol. The lowest BCUT2D eigenvalue weighted by molar-refractivity contribution is -0.162. The molecule has 3 rings (SSSR count). The summed E-state index contributed by atoms with van der Waals surface area (Å²) >= 11 is 0. The average Bonchev–Trinajstić information content (AvgIpc) is 3.03. The smallest absolute Gasteiger partial charge is 0.314 e. The highest BCUT2D eigenvalue weighted by molar-refractivity contribution is 5.79. The van der Waals surface area contributed by atoms with Crippen LogP contribution in [0.15, 0.2) is 34.7 Å². The van der Waals surface area contributed by atoms with E-state index in [1.807, 2.05) is 19.3 Å². The Bertz CT molecular complexity index is 600. The zero-order valence-corrected chi connectivity index (χ0v) is 14.5. The average molecular weight is 316 g/mol. The number of carboxylic acids is 1. The van der Waals surface area contributed by atoms with Crippen LogP contribution in [-0.2, 0) is 11.2 Å². The molecule has 0 unspecified atom stereocenters. The maximum Gasteiger partial charge on any atom is 0.314 e. The minimum atomic E-state index is -0.643. The van der Waals surface area contributed by atoms with E-state index in [4.69, 9.17) is 4.42 Å². The lowest BCUT2D eigenvalue weighted by Crippen LogP contribution is -2.54. The van der Waals surface area contributed by atoms with Gasteiger partial charge in [-0.2, -0.15) is 0 Å². The van der Waals surface area contributed by atoms with Crippen LogP contribution < -0.4 is 0 Å². The Kier molecular flexibility index (Phi) is 4.16. The predicted octanol–water partition coefficient (Wildman–Crippen LogP) is 5.08. The summed E-state index contributed by atoms with van der Waals surface area (Å²) in [5, 5.41) is 10.1. The summed E-state index contributed by atoms with van der Waals surface area (Å²) < 4.78 is 5.19. The second kappa shape index (κ2) is 5.85. The molecule has 0 bridgehead atoms. The zero-order valence-electron chi connectivity index (χ0n) is 14.5. The van der Waals surface area contributed by atoms with Gasteiger partial charge in [0, 0.05) is 0 Å². The van der Waals surface area contributed by atoms with Gasteiger partial charge in [-0.15, -0.1) is 0 Å². The fraction of sp³-hybridized carbons (Fsp3) is 0.650. The van der Waals surface area contributed by atoms with Crippen molar-refractivity contribution in [2.75, 3.05) is 0 Å². The molecule has 0 aliphatic heterocycles. The van der Waals surface area contributed by atoms with Crippen LogP contribution >= 0.6 is 0 Å². The molecule has 4 atom stereocenters. The third kappa shape index (κ3) is 2.45. The molecule has 1 heterocycles. The van der Waals surface area contributed by atoms with Crippen LogP contribution in [0, 0.1) is 22.7 Å². The van der Waals surface area contributed by atoms with Gasteiger partial charge in [-0.05, 0) is 74.3 Å². The Morgan fingerprint density at radius 3 is 2.87 bits per heavy atom. The predicted molar refractivity (Wildman–Crippen MR) is 90.1 cm³/mol. The molecule has 2 aliphatic carbocycles. The number of allylic oxidation sites excluding steroid dienone is 1. The monoisotopic (exact) mass is 316 g/mol. The molecule has 1 aromatic rings. The van der Waals surface area contributed by atoms with Crippen LogP contribution in [0.1, 0.15) is 58.4 Å². The van der Waals surface area contributed by atoms with Gasteiger partial charge in [0.25, 0.3) is 0 Å². The second-order valence-corrected chi connectivity index (χ2v) is 7.87. The summed E-state index contributed by atoms with van der Waals surface area (Å²) in [6.07, 6.45) is 11.5. The minimum Gasteiger partial charge on any atom is -0.481 e. The summed E-state index contributed by atoms with van der Waals surface area (Å²) in [5.41, 5.74) is 1.72. The van der Waals surface area contributed by atoms with Crippen LogP contribution in [0.5, 0.6) is 0 Å². The van der Waals surface area contributed by atoms with Gasteiger partial charge in [0.05, 0.1) is 17.9 Å². The Balaban J connectivity index is 1.94. The SMILES string of the molecule is CC1=CCC[C@H]2[C@]1(C(=O)O)CC[C@H](C)[C@@]2(C)CCc1ccoc1. The van der Waals surface area contributed by atoms with Crippen molar-refractivity contribution in [3.8, 4) is 0 Å². The minimum absolute atomic E-state index is 0.0590. The normalized spacial score (nSPS) is 37.1. The van der Waals surface area contributed by atoms with E-state index in [-0.39, 0.29) is 11.3 Å². The highest BCUT2D eigenvalue weighted by atomic mass is 16.4. The van der Waals surface area contributed by atoms with E-state index in [1.165, 1.54) is 5.56 Å². The first kappa shape index (κ1) is 16.4. The first-order chi connectivity index (χ1) is 10.9. The molecule has 0 saturated heterocycles. The summed E-state index contributed by atoms with van der Waals surface area (Å²) in [7, 11) is 0. The summed E-state index contributed by atoms with van der Waals surface area (Å²) in [4.78, 5) is 12.3. The largest absolute Gasteiger partial charge is 0.481 e. The molecule has 1 aromatic heterocycles. The van der Waals surface area contributed by atoms with E-state index in [2.05, 4.69) is 19.9 Å². The van der Waals surface area contributed by atoms with Crippen molar-refractivity contribution < 1.29 is 14.3 Å². The third-order valence-electron chi connectivity index (χ3n) is 7.01. The first-order valence-electron chi connectivity index (χ1n) is 8.83. The molecular formula is C20H28O3. The maximum absolute atomic E-state index is 12.3. The van der Waals surface area contributed by atoms with Crippen molar-refractivity contribution in [1.82, 2.24) is 0 Å². The van der Waals surface area contributed by atoms with Crippen molar-refractivity contribution in [3.63, 3.8) is 0 Å². The molecule has 0 aromatic carbocycles. The van der Waals surface area contributed by atoms with Crippen molar-refractivity contribution in [3.05, 3.63) is 35.8 Å². The fourth-order valence-corrected chi connectivity index (χ4v) is 5.25. The molecule has 2 aliphatic rings. The molecule has 0 radical (unpaired) electrons. The number of hydrogen-bond donors (Lipinski definition) is 1. The maximum atomic E-state index is 12.3. The topological polar surface area (TPSA) is 50.4 Å². The number of carboxylic acid groups (broad SMARTS) is 1. The lowest BCUT2D eigenvalue weighted by atomic mass is 9.46. The van der Waals surface area contributed by atoms with E-state index >= 15 is 0 Å². The van der Waals surface area contributed by atoms with E-state index in [1.54, 1.807) is 6.26 Å². The van der Waals surface area contributed by atoms with E-state index in [9.17, 15) is 9.90 Å². The van der Waals surface area contributed by atoms with Gasteiger partial charge < -0.3 is 9.52 Å². The second-order valence-electron chi connectivity index (χ2n) is 7.87. The first-order valence-corrected chi connectivity index (χ1v) is 8.83. The van der Waals surface area contributed by atoms with Crippen molar-refractivity contribution in [2.45, 2.75) is 59.3 Å². The number of carbonyl (C=O) groups is 1. The lowest BCUT2D eigenvalue weighted by Gasteiger charge is -2.57. The highest BCUT2D eigenvalue weighted by Crippen LogP contribution is 2.62. The number of aliphatic carboxylic acids is 1. The summed E-state index contributed by atoms with van der Waals surface area (Å²) in [6, 6.07) is 2.02. The molecule has 0 amide bonds. The molecule has 1 saturated carbocycles. The molecule has 3 heteroatoms.